The van der Waals surface area contributed by atoms with Crippen LogP contribution in [0.15, 0.2) is 23.8 Å². The third kappa shape index (κ3) is 10.4. The lowest BCUT2D eigenvalue weighted by atomic mass is 9.90. The molecule has 0 saturated carbocycles. The van der Waals surface area contributed by atoms with Crippen molar-refractivity contribution < 1.29 is 24.9 Å². The van der Waals surface area contributed by atoms with E-state index in [2.05, 4.69) is 25.2 Å². The van der Waals surface area contributed by atoms with Crippen LogP contribution < -0.4 is 0 Å². The first-order valence-corrected chi connectivity index (χ1v) is 11.2. The molecule has 1 unspecified atom stereocenters. The summed E-state index contributed by atoms with van der Waals surface area (Å²) < 4.78 is 5.77. The molecule has 0 amide bonds. The second-order valence-electron chi connectivity index (χ2n) is 9.11. The van der Waals surface area contributed by atoms with Gasteiger partial charge in [0, 0.05) is 18.8 Å². The van der Waals surface area contributed by atoms with Crippen LogP contribution in [0.1, 0.15) is 79.6 Å². The van der Waals surface area contributed by atoms with Crippen molar-refractivity contribution >= 4 is 5.97 Å². The second kappa shape index (κ2) is 13.2. The highest BCUT2D eigenvalue weighted by molar-refractivity contribution is 5.69. The number of cyclic esters (lactones) is 1. The Kier molecular flexibility index (Phi) is 11.8. The number of allylic oxidation sites excluding steroid dienone is 2. The Labute approximate surface area is 176 Å². The number of esters is 1. The average molecular weight is 411 g/mol. The van der Waals surface area contributed by atoms with Crippen molar-refractivity contribution in [3.05, 3.63) is 23.8 Å². The number of aliphatic hydroxyl groups is 3. The van der Waals surface area contributed by atoms with Crippen LogP contribution in [-0.4, -0.2) is 45.7 Å². The number of carbonyl (C=O) groups is 1. The Morgan fingerprint density at radius 3 is 2.55 bits per heavy atom. The van der Waals surface area contributed by atoms with Crippen LogP contribution >= 0.6 is 0 Å². The predicted molar refractivity (Wildman–Crippen MR) is 116 cm³/mol. The molecule has 7 atom stereocenters. The van der Waals surface area contributed by atoms with Crippen LogP contribution in [0.3, 0.4) is 0 Å². The predicted octanol–water partition coefficient (Wildman–Crippen LogP) is 4.16. The maximum absolute atomic E-state index is 12.3. The zero-order valence-corrected chi connectivity index (χ0v) is 18.9. The second-order valence-corrected chi connectivity index (χ2v) is 9.11. The van der Waals surface area contributed by atoms with Crippen LogP contribution in [0.25, 0.3) is 0 Å². The Hall–Kier alpha value is -1.17. The fourth-order valence-corrected chi connectivity index (χ4v) is 3.89. The van der Waals surface area contributed by atoms with E-state index >= 15 is 0 Å². The smallest absolute Gasteiger partial charge is 0.306 e. The molecule has 0 radical (unpaired) electrons. The summed E-state index contributed by atoms with van der Waals surface area (Å²) in [5, 5.41) is 29.7. The average Bonchev–Trinajstić information content (AvgIpc) is 2.61. The summed E-state index contributed by atoms with van der Waals surface area (Å²) in [5.41, 5.74) is 1.15. The summed E-state index contributed by atoms with van der Waals surface area (Å²) in [6, 6.07) is 0. The highest BCUT2D eigenvalue weighted by Gasteiger charge is 2.23. The zero-order chi connectivity index (χ0) is 22.0. The third-order valence-electron chi connectivity index (χ3n) is 5.88. The zero-order valence-electron chi connectivity index (χ0n) is 18.9. The molecule has 0 fully saturated rings. The summed E-state index contributed by atoms with van der Waals surface area (Å²) in [4.78, 5) is 12.3. The van der Waals surface area contributed by atoms with Crippen molar-refractivity contribution in [3.63, 3.8) is 0 Å². The molecule has 0 bridgehead atoms. The Morgan fingerprint density at radius 1 is 1.24 bits per heavy atom. The molecule has 0 aromatic rings. The quantitative estimate of drug-likeness (QED) is 0.433. The van der Waals surface area contributed by atoms with E-state index < -0.39 is 12.2 Å². The molecule has 1 heterocycles. The molecule has 5 heteroatoms. The molecule has 1 rings (SSSR count). The number of hydrogen-bond acceptors (Lipinski definition) is 5. The fraction of sp³-hybridized carbons (Fsp3) is 0.792. The third-order valence-corrected chi connectivity index (χ3v) is 5.88. The van der Waals surface area contributed by atoms with E-state index in [-0.39, 0.29) is 35.9 Å². The molecule has 0 aromatic carbocycles. The van der Waals surface area contributed by atoms with Crippen molar-refractivity contribution in [1.82, 2.24) is 0 Å². The van der Waals surface area contributed by atoms with Crippen LogP contribution in [0, 0.1) is 17.8 Å². The number of hydrogen-bond donors (Lipinski definition) is 3. The van der Waals surface area contributed by atoms with Crippen molar-refractivity contribution in [1.29, 1.82) is 0 Å². The SMILES string of the molecule is C/C(=C\[C@@H](C)[C@H](O)C[C@@H](C)O)C[C@H](C)[C@H]1C/C=C/C[C@H](C)C(O)CCCC(=O)O1. The minimum absolute atomic E-state index is 0.0385. The minimum atomic E-state index is -0.570. The summed E-state index contributed by atoms with van der Waals surface area (Å²) in [7, 11) is 0. The van der Waals surface area contributed by atoms with Crippen molar-refractivity contribution in [2.45, 2.75) is 104 Å². The van der Waals surface area contributed by atoms with Gasteiger partial charge in [-0.15, -0.1) is 0 Å². The lowest BCUT2D eigenvalue weighted by Gasteiger charge is -2.25. The first kappa shape index (κ1) is 25.9. The van der Waals surface area contributed by atoms with E-state index in [9.17, 15) is 20.1 Å². The summed E-state index contributed by atoms with van der Waals surface area (Å²) in [5.74, 6) is 0.116. The molecular formula is C24H42O5. The van der Waals surface area contributed by atoms with Gasteiger partial charge >= 0.3 is 5.97 Å². The summed E-state index contributed by atoms with van der Waals surface area (Å²) in [6.45, 7) is 9.81. The molecule has 0 aromatic heterocycles. The van der Waals surface area contributed by atoms with Crippen LogP contribution in [0.2, 0.25) is 0 Å². The van der Waals surface area contributed by atoms with Crippen LogP contribution in [0.4, 0.5) is 0 Å². The normalized spacial score (nSPS) is 30.3. The first-order valence-electron chi connectivity index (χ1n) is 11.2. The van der Waals surface area contributed by atoms with Gasteiger partial charge in [-0.3, -0.25) is 4.79 Å². The number of ether oxygens (including phenoxy) is 1. The highest BCUT2D eigenvalue weighted by Crippen LogP contribution is 2.24. The Morgan fingerprint density at radius 2 is 1.90 bits per heavy atom. The summed E-state index contributed by atoms with van der Waals surface area (Å²) >= 11 is 0. The standard InChI is InChI=1S/C24H42O5/c1-16(13-18(3)22(27)15-20(5)25)14-19(4)23-11-7-6-9-17(2)21(26)10-8-12-24(28)29-23/h6-7,13,17-23,25-27H,8-12,14-15H2,1-5H3/b7-6+,16-13+/t17-,18+,19-,20+,21?,22+,23+/m0/s1. The highest BCUT2D eigenvalue weighted by atomic mass is 16.5. The molecule has 1 aliphatic rings. The van der Waals surface area contributed by atoms with Gasteiger partial charge in [0.25, 0.3) is 0 Å². The molecule has 1 aliphatic heterocycles. The van der Waals surface area contributed by atoms with Gasteiger partial charge in [0.05, 0.1) is 18.3 Å². The molecule has 168 valence electrons. The fourth-order valence-electron chi connectivity index (χ4n) is 3.89. The number of carbonyl (C=O) groups excluding carboxylic acids is 1. The van der Waals surface area contributed by atoms with E-state index in [1.807, 2.05) is 20.8 Å². The largest absolute Gasteiger partial charge is 0.462 e. The van der Waals surface area contributed by atoms with E-state index in [1.165, 1.54) is 0 Å². The molecular weight excluding hydrogens is 368 g/mol. The molecule has 0 aliphatic carbocycles. The van der Waals surface area contributed by atoms with E-state index in [1.54, 1.807) is 6.92 Å². The topological polar surface area (TPSA) is 87.0 Å². The molecule has 0 saturated heterocycles. The van der Waals surface area contributed by atoms with Crippen molar-refractivity contribution in [2.24, 2.45) is 17.8 Å². The minimum Gasteiger partial charge on any atom is -0.462 e. The Bertz CT molecular complexity index is 539. The van der Waals surface area contributed by atoms with Crippen LogP contribution in [-0.2, 0) is 9.53 Å². The van der Waals surface area contributed by atoms with E-state index in [4.69, 9.17) is 4.74 Å². The van der Waals surface area contributed by atoms with Gasteiger partial charge in [0.2, 0.25) is 0 Å². The van der Waals surface area contributed by atoms with Crippen LogP contribution in [0.5, 0.6) is 0 Å². The van der Waals surface area contributed by atoms with Gasteiger partial charge in [-0.25, -0.2) is 0 Å². The van der Waals surface area contributed by atoms with E-state index in [0.717, 1.165) is 18.4 Å². The van der Waals surface area contributed by atoms with Gasteiger partial charge < -0.3 is 20.1 Å². The van der Waals surface area contributed by atoms with Gasteiger partial charge in [-0.2, -0.15) is 0 Å². The monoisotopic (exact) mass is 410 g/mol. The van der Waals surface area contributed by atoms with Crippen molar-refractivity contribution in [3.8, 4) is 0 Å². The number of rotatable bonds is 7. The molecule has 5 nitrogen and oxygen atoms in total. The van der Waals surface area contributed by atoms with Gasteiger partial charge in [0.1, 0.15) is 6.10 Å². The van der Waals surface area contributed by atoms with Gasteiger partial charge in [-0.1, -0.05) is 44.6 Å². The summed E-state index contributed by atoms with van der Waals surface area (Å²) in [6.07, 6.45) is 8.81. The maximum atomic E-state index is 12.3. The van der Waals surface area contributed by atoms with Crippen molar-refractivity contribution in [2.75, 3.05) is 0 Å². The van der Waals surface area contributed by atoms with E-state index in [0.29, 0.717) is 32.1 Å². The lowest BCUT2D eigenvalue weighted by Crippen LogP contribution is -2.26. The van der Waals surface area contributed by atoms with Gasteiger partial charge in [-0.05, 0) is 57.8 Å². The Balaban J connectivity index is 2.73. The van der Waals surface area contributed by atoms with Gasteiger partial charge in [0.15, 0.2) is 0 Å². The first-order chi connectivity index (χ1) is 13.6. The molecule has 0 spiro atoms. The molecule has 3 N–H and O–H groups in total. The lowest BCUT2D eigenvalue weighted by molar-refractivity contribution is -0.151. The number of aliphatic hydroxyl groups excluding tert-OH is 3. The maximum Gasteiger partial charge on any atom is 0.306 e. The molecule has 29 heavy (non-hydrogen) atoms.